The number of allylic oxidation sites excluding steroid dienone is 9. The number of phosphoric ester groups is 1. The Kier molecular flexibility index (Phi) is 35.4. The summed E-state index contributed by atoms with van der Waals surface area (Å²) in [6, 6.07) is 0. The topological polar surface area (TPSA) is 169 Å². The lowest BCUT2D eigenvalue weighted by Crippen LogP contribution is -2.37. The molecule has 59 heavy (non-hydrogen) atoms. The Hall–Kier alpha value is -2.67. The molecule has 0 rings (SSSR count). The van der Waals surface area contributed by atoms with Crippen molar-refractivity contribution in [2.24, 2.45) is 0 Å². The zero-order valence-corrected chi connectivity index (χ0v) is 37.9. The Labute approximate surface area is 356 Å². The molecule has 0 fully saturated rings. The summed E-state index contributed by atoms with van der Waals surface area (Å²) < 4.78 is 34.0. The minimum absolute atomic E-state index is 0.0373. The lowest BCUT2D eigenvalue weighted by atomic mass is 10.1. The van der Waals surface area contributed by atoms with Crippen LogP contribution >= 0.6 is 7.82 Å². The van der Waals surface area contributed by atoms with Crippen molar-refractivity contribution in [2.45, 2.75) is 160 Å². The number of hydrogen-bond acceptors (Lipinski definition) is 10. The lowest BCUT2D eigenvalue weighted by molar-refractivity contribution is -0.870. The predicted octanol–water partition coefficient (Wildman–Crippen LogP) is 9.15. The summed E-state index contributed by atoms with van der Waals surface area (Å²) in [5.74, 6) is -1.15. The van der Waals surface area contributed by atoms with Crippen LogP contribution in [0.3, 0.4) is 0 Å². The van der Waals surface area contributed by atoms with Gasteiger partial charge in [0.05, 0.1) is 46.1 Å². The number of carbonyl (C=O) groups excluding carboxylic acids is 2. The molecule has 0 amide bonds. The van der Waals surface area contributed by atoms with Gasteiger partial charge in [-0.05, 0) is 57.8 Å². The van der Waals surface area contributed by atoms with Gasteiger partial charge in [0.1, 0.15) is 19.8 Å². The van der Waals surface area contributed by atoms with Gasteiger partial charge in [0.25, 0.3) is 0 Å². The van der Waals surface area contributed by atoms with Gasteiger partial charge < -0.3 is 34.2 Å². The number of aliphatic hydroxyl groups is 3. The van der Waals surface area contributed by atoms with Crippen molar-refractivity contribution in [1.29, 1.82) is 0 Å². The summed E-state index contributed by atoms with van der Waals surface area (Å²) in [7, 11) is 1.24. The van der Waals surface area contributed by atoms with E-state index in [4.69, 9.17) is 18.5 Å². The molecule has 0 saturated carbocycles. The maximum Gasteiger partial charge on any atom is 0.472 e. The highest BCUT2D eigenvalue weighted by molar-refractivity contribution is 7.47. The number of aliphatic hydroxyl groups excluding tert-OH is 3. The zero-order chi connectivity index (χ0) is 44.0. The van der Waals surface area contributed by atoms with E-state index in [9.17, 15) is 34.4 Å². The average molecular weight is 855 g/mol. The molecule has 0 aliphatic rings. The third kappa shape index (κ3) is 39.2. The van der Waals surface area contributed by atoms with Gasteiger partial charge >= 0.3 is 19.8 Å². The van der Waals surface area contributed by atoms with Crippen LogP contribution in [-0.2, 0) is 32.7 Å². The molecule has 0 spiro atoms. The molecule has 13 heteroatoms. The predicted molar refractivity (Wildman–Crippen MR) is 237 cm³/mol. The Bertz CT molecular complexity index is 1290. The molecule has 0 heterocycles. The van der Waals surface area contributed by atoms with Crippen LogP contribution in [0, 0.1) is 0 Å². The molecule has 1 unspecified atom stereocenters. The molecule has 0 radical (unpaired) electrons. The molecule has 0 aromatic carbocycles. The Morgan fingerprint density at radius 3 is 1.86 bits per heavy atom. The van der Waals surface area contributed by atoms with E-state index in [1.807, 2.05) is 40.2 Å². The summed E-state index contributed by atoms with van der Waals surface area (Å²) in [6.07, 6.45) is 34.7. The third-order valence-electron chi connectivity index (χ3n) is 9.06. The van der Waals surface area contributed by atoms with Gasteiger partial charge in [-0.15, -0.1) is 0 Å². The summed E-state index contributed by atoms with van der Waals surface area (Å²) in [4.78, 5) is 35.4. The number of esters is 2. The van der Waals surface area contributed by atoms with E-state index in [-0.39, 0.29) is 38.9 Å². The molecule has 0 aromatic rings. The fourth-order valence-electron chi connectivity index (χ4n) is 5.47. The summed E-state index contributed by atoms with van der Waals surface area (Å²) >= 11 is 0. The molecule has 4 N–H and O–H groups in total. The van der Waals surface area contributed by atoms with Gasteiger partial charge in [-0.2, -0.15) is 0 Å². The van der Waals surface area contributed by atoms with E-state index in [1.165, 1.54) is 44.6 Å². The number of rotatable bonds is 38. The smallest absolute Gasteiger partial charge is 0.462 e. The number of quaternary nitrogens is 1. The Morgan fingerprint density at radius 1 is 0.661 bits per heavy atom. The molecule has 0 saturated heterocycles. The van der Waals surface area contributed by atoms with Crippen molar-refractivity contribution in [2.75, 3.05) is 47.5 Å². The second-order valence-corrected chi connectivity index (χ2v) is 17.4. The number of likely N-dealkylation sites (N-methyl/N-ethyl adjacent to an activating group) is 1. The average Bonchev–Trinajstić information content (AvgIpc) is 3.17. The van der Waals surface area contributed by atoms with Gasteiger partial charge in [0.15, 0.2) is 6.10 Å². The van der Waals surface area contributed by atoms with E-state index in [0.29, 0.717) is 23.9 Å². The fourth-order valence-corrected chi connectivity index (χ4v) is 6.21. The molecular weight excluding hydrogens is 773 g/mol. The van der Waals surface area contributed by atoms with Gasteiger partial charge in [0, 0.05) is 12.8 Å². The second kappa shape index (κ2) is 37.1. The first-order valence-electron chi connectivity index (χ1n) is 22.0. The molecule has 5 atom stereocenters. The van der Waals surface area contributed by atoms with Crippen LogP contribution in [0.4, 0.5) is 0 Å². The maximum absolute atomic E-state index is 12.7. The van der Waals surface area contributed by atoms with E-state index < -0.39 is 50.8 Å². The van der Waals surface area contributed by atoms with Gasteiger partial charge in [0.2, 0.25) is 0 Å². The quantitative estimate of drug-likeness (QED) is 0.0117. The lowest BCUT2D eigenvalue weighted by Gasteiger charge is -2.24. The van der Waals surface area contributed by atoms with Crippen molar-refractivity contribution < 1.29 is 57.4 Å². The van der Waals surface area contributed by atoms with Crippen LogP contribution in [-0.4, -0.2) is 109 Å². The van der Waals surface area contributed by atoms with Crippen molar-refractivity contribution in [3.05, 3.63) is 72.9 Å². The standard InChI is InChI=1S/C46H80NO11P/c1-6-8-10-11-12-13-14-15-16-17-18-19-20-25-29-35-45(51)55-39-42(40-57-59(53,54)56-38-37-47(3,4)5)58-46(52)36-30-34-44(50)43(49)33-28-24-22-21-23-27-32-41(48)31-26-9-7-2/h9,15-16,21-24,26-28,32-33,41-44,48-50H,6-8,10-14,17-20,25,29-31,34-40H2,1-5H3/p+1/b16-15-,23-21+,24-22-,26-9-,32-27+,33-28-/t41-,42+,43+,44+/m0/s1. The van der Waals surface area contributed by atoms with Crippen LogP contribution < -0.4 is 0 Å². The molecule has 12 nitrogen and oxygen atoms in total. The maximum atomic E-state index is 12.7. The van der Waals surface area contributed by atoms with E-state index in [2.05, 4.69) is 19.1 Å². The van der Waals surface area contributed by atoms with Gasteiger partial charge in [-0.25, -0.2) is 4.57 Å². The van der Waals surface area contributed by atoms with Crippen molar-refractivity contribution in [3.63, 3.8) is 0 Å². The Morgan fingerprint density at radius 2 is 1.24 bits per heavy atom. The first kappa shape index (κ1) is 56.3. The monoisotopic (exact) mass is 855 g/mol. The number of unbranched alkanes of at least 4 members (excludes halogenated alkanes) is 11. The number of ether oxygens (including phenoxy) is 2. The van der Waals surface area contributed by atoms with Crippen LogP contribution in [0.25, 0.3) is 0 Å². The van der Waals surface area contributed by atoms with E-state index >= 15 is 0 Å². The van der Waals surface area contributed by atoms with E-state index in [1.54, 1.807) is 42.5 Å². The van der Waals surface area contributed by atoms with Gasteiger partial charge in [-0.1, -0.05) is 138 Å². The van der Waals surface area contributed by atoms with E-state index in [0.717, 1.165) is 44.9 Å². The minimum Gasteiger partial charge on any atom is -0.462 e. The minimum atomic E-state index is -4.48. The first-order valence-corrected chi connectivity index (χ1v) is 23.5. The molecule has 0 aliphatic heterocycles. The van der Waals surface area contributed by atoms with Crippen LogP contribution in [0.2, 0.25) is 0 Å². The summed E-state index contributed by atoms with van der Waals surface area (Å²) in [5, 5.41) is 30.5. The number of hydrogen-bond donors (Lipinski definition) is 4. The van der Waals surface area contributed by atoms with Crippen molar-refractivity contribution >= 4 is 19.8 Å². The highest BCUT2D eigenvalue weighted by atomic mass is 31.2. The van der Waals surface area contributed by atoms with Crippen LogP contribution in [0.15, 0.2) is 72.9 Å². The number of carbonyl (C=O) groups is 2. The normalized spacial score (nSPS) is 15.9. The van der Waals surface area contributed by atoms with Crippen LogP contribution in [0.1, 0.15) is 136 Å². The molecule has 0 aliphatic carbocycles. The van der Waals surface area contributed by atoms with Crippen LogP contribution in [0.5, 0.6) is 0 Å². The molecule has 0 aromatic heterocycles. The zero-order valence-electron chi connectivity index (χ0n) is 37.0. The molecule has 340 valence electrons. The largest absolute Gasteiger partial charge is 0.472 e. The molecular formula is C46H81NO11P+. The van der Waals surface area contributed by atoms with Gasteiger partial charge in [-0.3, -0.25) is 18.6 Å². The number of nitrogens with zero attached hydrogens (tertiary/aromatic N) is 1. The summed E-state index contributed by atoms with van der Waals surface area (Å²) in [6.45, 7) is 3.79. The first-order chi connectivity index (χ1) is 28.2. The highest BCUT2D eigenvalue weighted by Crippen LogP contribution is 2.43. The fraction of sp³-hybridized carbons (Fsp3) is 0.696. The van der Waals surface area contributed by atoms with Crippen molar-refractivity contribution in [1.82, 2.24) is 0 Å². The molecule has 0 bridgehead atoms. The van der Waals surface area contributed by atoms with Crippen molar-refractivity contribution in [3.8, 4) is 0 Å². The SMILES string of the molecule is CC/C=C\C[C@H](O)/C=C/C=C/C=C\C=C/[C@@H](O)[C@H](O)CCCC(=O)O[C@H](COC(=O)CCCCCCC/C=C\CCCCCCCC)COP(=O)(O)OCC[N+](C)(C)C. The summed E-state index contributed by atoms with van der Waals surface area (Å²) in [5.41, 5.74) is 0. The highest BCUT2D eigenvalue weighted by Gasteiger charge is 2.27. The third-order valence-corrected chi connectivity index (χ3v) is 10.0. The second-order valence-electron chi connectivity index (χ2n) is 15.9. The Balaban J connectivity index is 4.73. The number of phosphoric acid groups is 1.